The minimum atomic E-state index is -1.03. The molecule has 4 N–H and O–H groups in total. The summed E-state index contributed by atoms with van der Waals surface area (Å²) in [5.74, 6) is -2.31. The fourth-order valence-electron chi connectivity index (χ4n) is 3.95. The molecule has 0 aliphatic heterocycles. The molecular weight excluding hydrogens is 434 g/mol. The molecule has 1 aliphatic rings. The Kier molecular flexibility index (Phi) is 7.12. The number of hydrogen-bond acceptors (Lipinski definition) is 5. The third-order valence-corrected chi connectivity index (χ3v) is 5.72. The smallest absolute Gasteiger partial charge is 0.329 e. The maximum atomic E-state index is 12.7. The van der Waals surface area contributed by atoms with E-state index in [9.17, 15) is 19.2 Å². The zero-order valence-corrected chi connectivity index (χ0v) is 18.5. The van der Waals surface area contributed by atoms with Gasteiger partial charge in [0.1, 0.15) is 0 Å². The average molecular weight is 460 g/mol. The molecule has 3 aromatic rings. The summed E-state index contributed by atoms with van der Waals surface area (Å²) in [4.78, 5) is 52.2. The Morgan fingerprint density at radius 2 is 1.68 bits per heavy atom. The minimum Gasteiger partial charge on any atom is -0.349 e. The Morgan fingerprint density at radius 3 is 2.50 bits per heavy atom. The van der Waals surface area contributed by atoms with Gasteiger partial charge in [0.2, 0.25) is 0 Å². The molecule has 3 amide bonds. The Balaban J connectivity index is 1.38. The van der Waals surface area contributed by atoms with Gasteiger partial charge in [0.25, 0.3) is 11.5 Å². The van der Waals surface area contributed by atoms with Crippen molar-refractivity contribution in [2.75, 3.05) is 5.32 Å². The molecule has 0 atom stereocenters. The number of amides is 3. The first-order chi connectivity index (χ1) is 16.5. The third-order valence-electron chi connectivity index (χ3n) is 5.72. The van der Waals surface area contributed by atoms with E-state index >= 15 is 0 Å². The van der Waals surface area contributed by atoms with Crippen molar-refractivity contribution < 1.29 is 14.4 Å². The molecule has 34 heavy (non-hydrogen) atoms. The van der Waals surface area contributed by atoms with Crippen LogP contribution in [0.15, 0.2) is 64.5 Å². The average Bonchev–Trinajstić information content (AvgIpc) is 2.85. The van der Waals surface area contributed by atoms with Crippen LogP contribution in [0.4, 0.5) is 5.69 Å². The number of hydrazone groups is 1. The number of aromatic nitrogens is 1. The van der Waals surface area contributed by atoms with E-state index in [1.54, 1.807) is 36.4 Å². The number of nitrogens with one attached hydrogen (secondary N) is 4. The van der Waals surface area contributed by atoms with Crippen LogP contribution in [0.3, 0.4) is 0 Å². The lowest BCUT2D eigenvalue weighted by Gasteiger charge is -2.23. The molecule has 4 rings (SSSR count). The number of fused-ring (bicyclic) bond motifs is 1. The largest absolute Gasteiger partial charge is 0.349 e. The van der Waals surface area contributed by atoms with Gasteiger partial charge in [-0.2, -0.15) is 5.10 Å². The molecule has 0 saturated heterocycles. The summed E-state index contributed by atoms with van der Waals surface area (Å²) < 4.78 is 0. The van der Waals surface area contributed by atoms with Gasteiger partial charge in [-0.25, -0.2) is 5.43 Å². The van der Waals surface area contributed by atoms with E-state index in [0.717, 1.165) is 31.1 Å². The molecule has 0 spiro atoms. The molecule has 1 saturated carbocycles. The predicted octanol–water partition coefficient (Wildman–Crippen LogP) is 2.68. The van der Waals surface area contributed by atoms with E-state index in [1.165, 1.54) is 12.6 Å². The number of nitrogens with zero attached hydrogens (tertiary/aromatic N) is 1. The van der Waals surface area contributed by atoms with Crippen LogP contribution in [0.5, 0.6) is 0 Å². The fraction of sp³-hybridized carbons (Fsp3) is 0.240. The van der Waals surface area contributed by atoms with Gasteiger partial charge in [0.15, 0.2) is 0 Å². The zero-order chi connectivity index (χ0) is 23.9. The van der Waals surface area contributed by atoms with Crippen molar-refractivity contribution in [3.63, 3.8) is 0 Å². The molecule has 9 nitrogen and oxygen atoms in total. The molecule has 1 aliphatic carbocycles. The quantitative estimate of drug-likeness (QED) is 0.265. The number of H-pyrrole nitrogens is 1. The molecule has 1 aromatic heterocycles. The molecule has 9 heteroatoms. The summed E-state index contributed by atoms with van der Waals surface area (Å²) in [5.41, 5.74) is 3.14. The second kappa shape index (κ2) is 10.6. The lowest BCUT2D eigenvalue weighted by Crippen LogP contribution is -2.37. The van der Waals surface area contributed by atoms with Crippen LogP contribution in [0.2, 0.25) is 0 Å². The Morgan fingerprint density at radius 1 is 0.941 bits per heavy atom. The molecule has 1 heterocycles. The Bertz CT molecular complexity index is 1310. The number of hydrogen-bond donors (Lipinski definition) is 4. The number of carbonyl (C=O) groups excluding carboxylic acids is 3. The molecule has 1 fully saturated rings. The highest BCUT2D eigenvalue weighted by Gasteiger charge is 2.20. The summed E-state index contributed by atoms with van der Waals surface area (Å²) in [5, 5.41) is 9.98. The summed E-state index contributed by atoms with van der Waals surface area (Å²) in [7, 11) is 0. The van der Waals surface area contributed by atoms with Crippen LogP contribution in [0, 0.1) is 0 Å². The number of rotatable bonds is 5. The molecule has 0 unspecified atom stereocenters. The highest BCUT2D eigenvalue weighted by molar-refractivity contribution is 6.40. The maximum Gasteiger partial charge on any atom is 0.329 e. The van der Waals surface area contributed by atoms with Crippen LogP contribution in [-0.2, 0) is 9.59 Å². The van der Waals surface area contributed by atoms with E-state index in [2.05, 4.69) is 26.1 Å². The highest BCUT2D eigenvalue weighted by Crippen LogP contribution is 2.20. The minimum absolute atomic E-state index is 0.112. The number of pyridine rings is 1. The van der Waals surface area contributed by atoms with E-state index in [0.29, 0.717) is 5.52 Å². The molecule has 2 aromatic carbocycles. The fourth-order valence-corrected chi connectivity index (χ4v) is 3.95. The standard InChI is InChI=1S/C25H25N5O4/c31-22-17(14-16-8-4-6-12-20(16)28-22)15-26-30-25(34)24(33)29-21-13-7-5-11-19(21)23(32)27-18-9-2-1-3-10-18/h4-8,11-15,18H,1-3,9-10H2,(H,27,32)(H,28,31)(H,29,33)(H,30,34)/b26-15+. The van der Waals surface area contributed by atoms with Crippen LogP contribution >= 0.6 is 0 Å². The van der Waals surface area contributed by atoms with Gasteiger partial charge in [-0.05, 0) is 42.5 Å². The van der Waals surface area contributed by atoms with Gasteiger partial charge in [0, 0.05) is 11.6 Å². The normalized spacial score (nSPS) is 14.1. The van der Waals surface area contributed by atoms with Crippen LogP contribution in [0.25, 0.3) is 10.9 Å². The molecule has 174 valence electrons. The SMILES string of the molecule is O=C(N/N=C/c1cc2ccccc2[nH]c1=O)C(=O)Nc1ccccc1C(=O)NC1CCCCC1. The van der Waals surface area contributed by atoms with Crippen LogP contribution < -0.4 is 21.6 Å². The Labute approximate surface area is 195 Å². The lowest BCUT2D eigenvalue weighted by molar-refractivity contribution is -0.136. The molecule has 0 radical (unpaired) electrons. The first kappa shape index (κ1) is 22.9. The van der Waals surface area contributed by atoms with E-state index in [1.807, 2.05) is 18.2 Å². The number of benzene rings is 2. The van der Waals surface area contributed by atoms with E-state index in [-0.39, 0.29) is 34.3 Å². The second-order valence-electron chi connectivity index (χ2n) is 8.15. The summed E-state index contributed by atoms with van der Waals surface area (Å²) >= 11 is 0. The van der Waals surface area contributed by atoms with E-state index in [4.69, 9.17) is 0 Å². The summed E-state index contributed by atoms with van der Waals surface area (Å²) in [6, 6.07) is 15.5. The topological polar surface area (TPSA) is 133 Å². The van der Waals surface area contributed by atoms with Crippen LogP contribution in [0.1, 0.15) is 48.0 Å². The zero-order valence-electron chi connectivity index (χ0n) is 18.5. The van der Waals surface area contributed by atoms with Gasteiger partial charge in [-0.15, -0.1) is 0 Å². The number of anilines is 1. The number of aromatic amines is 1. The first-order valence-electron chi connectivity index (χ1n) is 11.2. The van der Waals surface area contributed by atoms with Crippen molar-refractivity contribution in [2.24, 2.45) is 5.10 Å². The van der Waals surface area contributed by atoms with Gasteiger partial charge in [-0.3, -0.25) is 19.2 Å². The highest BCUT2D eigenvalue weighted by atomic mass is 16.2. The van der Waals surface area contributed by atoms with Crippen molar-refractivity contribution in [3.05, 3.63) is 76.1 Å². The number of carbonyl (C=O) groups is 3. The molecule has 0 bridgehead atoms. The van der Waals surface area contributed by atoms with Crippen molar-refractivity contribution in [2.45, 2.75) is 38.1 Å². The van der Waals surface area contributed by atoms with Crippen molar-refractivity contribution in [1.29, 1.82) is 0 Å². The first-order valence-corrected chi connectivity index (χ1v) is 11.2. The van der Waals surface area contributed by atoms with Gasteiger partial charge in [-0.1, -0.05) is 49.6 Å². The van der Waals surface area contributed by atoms with Crippen molar-refractivity contribution in [3.8, 4) is 0 Å². The summed E-state index contributed by atoms with van der Waals surface area (Å²) in [6.45, 7) is 0. The van der Waals surface area contributed by atoms with Gasteiger partial charge in [0.05, 0.1) is 23.0 Å². The van der Waals surface area contributed by atoms with Crippen molar-refractivity contribution >= 4 is 40.5 Å². The van der Waals surface area contributed by atoms with E-state index < -0.39 is 11.8 Å². The van der Waals surface area contributed by atoms with Crippen LogP contribution in [-0.4, -0.2) is 35.0 Å². The second-order valence-corrected chi connectivity index (χ2v) is 8.15. The van der Waals surface area contributed by atoms with Gasteiger partial charge >= 0.3 is 11.8 Å². The predicted molar refractivity (Wildman–Crippen MR) is 130 cm³/mol. The summed E-state index contributed by atoms with van der Waals surface area (Å²) in [6.07, 6.45) is 6.36. The monoisotopic (exact) mass is 459 g/mol. The maximum absolute atomic E-state index is 12.7. The lowest BCUT2D eigenvalue weighted by atomic mass is 9.95. The third kappa shape index (κ3) is 5.55. The van der Waals surface area contributed by atoms with Crippen molar-refractivity contribution in [1.82, 2.24) is 15.7 Å². The van der Waals surface area contributed by atoms with Gasteiger partial charge < -0.3 is 15.6 Å². The number of para-hydroxylation sites is 2. The molecular formula is C25H25N5O4. The Hall–Kier alpha value is -4.27.